The van der Waals surface area contributed by atoms with Crippen molar-refractivity contribution < 1.29 is 37.0 Å². The van der Waals surface area contributed by atoms with Gasteiger partial charge in [-0.1, -0.05) is 30.0 Å². The van der Waals surface area contributed by atoms with Crippen LogP contribution in [0.3, 0.4) is 0 Å². The number of anilines is 1. The quantitative estimate of drug-likeness (QED) is 0.180. The molecule has 41 heavy (non-hydrogen) atoms. The second kappa shape index (κ2) is 11.7. The van der Waals surface area contributed by atoms with Crippen LogP contribution in [0.5, 0.6) is 5.75 Å². The lowest BCUT2D eigenvalue weighted by atomic mass is 9.92. The summed E-state index contributed by atoms with van der Waals surface area (Å²) in [6.45, 7) is 2.30. The summed E-state index contributed by atoms with van der Waals surface area (Å²) in [6, 6.07) is 14.6. The highest BCUT2D eigenvalue weighted by molar-refractivity contribution is 5.98. The third kappa shape index (κ3) is 7.43. The number of hydrogen-bond acceptors (Lipinski definition) is 4. The Kier molecular flexibility index (Phi) is 8.35. The summed E-state index contributed by atoms with van der Waals surface area (Å²) in [5.74, 6) is 2.53. The standard InChI is InChI=1S/C30H25F4N3O4/c1-18(39)36-26-11-9-20(14-24(26)31)8-7-19-10-12-27(41-30(32,33)34)23(13-19)28(40)37-29(2,17-38)15-21-16-35-25-6-4-3-5-22(21)25/h3-6,9-14,16,35,38H,15,17H2,1-2H3,(H,36,39)(H,37,40). The molecule has 7 nitrogen and oxygen atoms in total. The van der Waals surface area contributed by atoms with E-state index in [1.807, 2.05) is 24.3 Å². The number of fused-ring (bicyclic) bond motifs is 1. The number of carbonyl (C=O) groups is 2. The number of amides is 2. The molecule has 0 saturated heterocycles. The van der Waals surface area contributed by atoms with E-state index >= 15 is 0 Å². The van der Waals surface area contributed by atoms with Gasteiger partial charge in [0.1, 0.15) is 11.6 Å². The molecule has 1 heterocycles. The predicted octanol–water partition coefficient (Wildman–Crippen LogP) is 5.29. The van der Waals surface area contributed by atoms with Crippen LogP contribution in [0, 0.1) is 17.7 Å². The molecule has 4 rings (SSSR count). The van der Waals surface area contributed by atoms with E-state index < -0.39 is 47.5 Å². The van der Waals surface area contributed by atoms with E-state index in [-0.39, 0.29) is 23.2 Å². The Hall–Kier alpha value is -4.82. The van der Waals surface area contributed by atoms with E-state index in [0.29, 0.717) is 0 Å². The van der Waals surface area contributed by atoms with Gasteiger partial charge in [0.05, 0.1) is 23.4 Å². The Labute approximate surface area is 232 Å². The maximum atomic E-state index is 14.2. The molecular weight excluding hydrogens is 542 g/mol. The molecule has 4 aromatic rings. The number of rotatable bonds is 7. The molecule has 3 aromatic carbocycles. The molecule has 0 radical (unpaired) electrons. The van der Waals surface area contributed by atoms with E-state index in [1.54, 1.807) is 13.1 Å². The summed E-state index contributed by atoms with van der Waals surface area (Å²) >= 11 is 0. The minimum atomic E-state index is -5.07. The van der Waals surface area contributed by atoms with E-state index in [2.05, 4.69) is 32.2 Å². The molecule has 0 aliphatic carbocycles. The van der Waals surface area contributed by atoms with Gasteiger partial charge < -0.3 is 25.5 Å². The number of para-hydroxylation sites is 1. The van der Waals surface area contributed by atoms with Crippen molar-refractivity contribution in [3.05, 3.63) is 94.9 Å². The number of ether oxygens (including phenoxy) is 1. The lowest BCUT2D eigenvalue weighted by Gasteiger charge is -2.29. The van der Waals surface area contributed by atoms with Gasteiger partial charge in [0.2, 0.25) is 5.91 Å². The molecule has 0 aliphatic rings. The number of benzene rings is 3. The molecule has 4 N–H and O–H groups in total. The molecule has 0 aliphatic heterocycles. The van der Waals surface area contributed by atoms with Gasteiger partial charge in [0.25, 0.3) is 5.91 Å². The zero-order valence-corrected chi connectivity index (χ0v) is 21.9. The van der Waals surface area contributed by atoms with Gasteiger partial charge in [-0.25, -0.2) is 4.39 Å². The molecule has 11 heteroatoms. The fraction of sp³-hybridized carbons (Fsp3) is 0.200. The van der Waals surface area contributed by atoms with Crippen LogP contribution < -0.4 is 15.4 Å². The minimum absolute atomic E-state index is 0.0322. The largest absolute Gasteiger partial charge is 0.573 e. The van der Waals surface area contributed by atoms with Crippen LogP contribution in [-0.4, -0.2) is 40.4 Å². The van der Waals surface area contributed by atoms with Crippen molar-refractivity contribution in [2.75, 3.05) is 11.9 Å². The van der Waals surface area contributed by atoms with Crippen molar-refractivity contribution in [2.45, 2.75) is 32.2 Å². The smallest absolute Gasteiger partial charge is 0.405 e. The molecule has 0 bridgehead atoms. The van der Waals surface area contributed by atoms with Crippen molar-refractivity contribution >= 4 is 28.4 Å². The van der Waals surface area contributed by atoms with Gasteiger partial charge in [0.15, 0.2) is 0 Å². The Morgan fingerprint density at radius 2 is 1.71 bits per heavy atom. The Balaban J connectivity index is 1.63. The first kappa shape index (κ1) is 29.2. The summed E-state index contributed by atoms with van der Waals surface area (Å²) in [5.41, 5.74) is 0.289. The molecule has 212 valence electrons. The van der Waals surface area contributed by atoms with Crippen molar-refractivity contribution in [1.82, 2.24) is 10.3 Å². The number of H-pyrrole nitrogens is 1. The van der Waals surface area contributed by atoms with Gasteiger partial charge in [-0.05, 0) is 61.4 Å². The summed E-state index contributed by atoms with van der Waals surface area (Å²) in [5, 5.41) is 16.0. The number of nitrogens with one attached hydrogen (secondary N) is 3. The average Bonchev–Trinajstić information content (AvgIpc) is 3.30. The zero-order chi connectivity index (χ0) is 29.8. The summed E-state index contributed by atoms with van der Waals surface area (Å²) < 4.78 is 57.7. The van der Waals surface area contributed by atoms with Gasteiger partial charge in [-0.2, -0.15) is 0 Å². The highest BCUT2D eigenvalue weighted by Crippen LogP contribution is 2.29. The van der Waals surface area contributed by atoms with Crippen molar-refractivity contribution in [1.29, 1.82) is 0 Å². The van der Waals surface area contributed by atoms with Gasteiger partial charge in [-0.3, -0.25) is 9.59 Å². The van der Waals surface area contributed by atoms with Crippen molar-refractivity contribution in [3.63, 3.8) is 0 Å². The number of alkyl halides is 3. The Morgan fingerprint density at radius 3 is 2.37 bits per heavy atom. The normalized spacial score (nSPS) is 12.7. The third-order valence-electron chi connectivity index (χ3n) is 6.10. The maximum Gasteiger partial charge on any atom is 0.573 e. The number of hydrogen-bond donors (Lipinski definition) is 4. The number of carbonyl (C=O) groups excluding carboxylic acids is 2. The van der Waals surface area contributed by atoms with Crippen LogP contribution in [-0.2, 0) is 11.2 Å². The number of halogens is 4. The molecule has 0 fully saturated rings. The van der Waals surface area contributed by atoms with E-state index in [4.69, 9.17) is 0 Å². The monoisotopic (exact) mass is 567 g/mol. The fourth-order valence-electron chi connectivity index (χ4n) is 4.21. The van der Waals surface area contributed by atoms with Gasteiger partial charge in [0, 0.05) is 35.2 Å². The van der Waals surface area contributed by atoms with Gasteiger partial charge in [-0.15, -0.1) is 13.2 Å². The highest BCUT2D eigenvalue weighted by atomic mass is 19.4. The summed E-state index contributed by atoms with van der Waals surface area (Å²) in [7, 11) is 0. The minimum Gasteiger partial charge on any atom is -0.405 e. The first-order valence-corrected chi connectivity index (χ1v) is 12.3. The molecule has 1 unspecified atom stereocenters. The predicted molar refractivity (Wildman–Crippen MR) is 145 cm³/mol. The number of aromatic nitrogens is 1. The molecule has 1 aromatic heterocycles. The van der Waals surface area contributed by atoms with Gasteiger partial charge >= 0.3 is 6.36 Å². The lowest BCUT2D eigenvalue weighted by Crippen LogP contribution is -2.50. The Bertz CT molecular complexity index is 1670. The molecule has 0 saturated carbocycles. The van der Waals surface area contributed by atoms with E-state index in [0.717, 1.165) is 34.7 Å². The average molecular weight is 568 g/mol. The van der Waals surface area contributed by atoms with Crippen LogP contribution in [0.1, 0.15) is 40.9 Å². The molecular formula is C30H25F4N3O4. The second-order valence-corrected chi connectivity index (χ2v) is 9.59. The molecule has 1 atom stereocenters. The van der Waals surface area contributed by atoms with Crippen LogP contribution in [0.4, 0.5) is 23.2 Å². The van der Waals surface area contributed by atoms with Crippen LogP contribution in [0.25, 0.3) is 10.9 Å². The maximum absolute atomic E-state index is 14.2. The third-order valence-corrected chi connectivity index (χ3v) is 6.10. The highest BCUT2D eigenvalue weighted by Gasteiger charge is 2.34. The van der Waals surface area contributed by atoms with Crippen molar-refractivity contribution in [3.8, 4) is 17.6 Å². The Morgan fingerprint density at radius 1 is 1.02 bits per heavy atom. The first-order chi connectivity index (χ1) is 19.4. The molecule has 0 spiro atoms. The number of aromatic amines is 1. The number of aliphatic hydroxyl groups is 1. The summed E-state index contributed by atoms with van der Waals surface area (Å²) in [4.78, 5) is 27.6. The lowest BCUT2D eigenvalue weighted by molar-refractivity contribution is -0.274. The zero-order valence-electron chi connectivity index (χ0n) is 21.9. The van der Waals surface area contributed by atoms with Crippen LogP contribution in [0.2, 0.25) is 0 Å². The van der Waals surface area contributed by atoms with E-state index in [9.17, 15) is 32.3 Å². The summed E-state index contributed by atoms with van der Waals surface area (Å²) in [6.07, 6.45) is -3.15. The van der Waals surface area contributed by atoms with Crippen LogP contribution >= 0.6 is 0 Å². The number of aliphatic hydroxyl groups excluding tert-OH is 1. The van der Waals surface area contributed by atoms with E-state index in [1.165, 1.54) is 25.1 Å². The second-order valence-electron chi connectivity index (χ2n) is 9.59. The van der Waals surface area contributed by atoms with Crippen molar-refractivity contribution in [2.24, 2.45) is 0 Å². The molecule has 2 amide bonds. The first-order valence-electron chi connectivity index (χ1n) is 12.3. The fourth-order valence-corrected chi connectivity index (χ4v) is 4.21. The van der Waals surface area contributed by atoms with Crippen LogP contribution in [0.15, 0.2) is 66.9 Å². The SMILES string of the molecule is CC(=O)Nc1ccc(C#Cc2ccc(OC(F)(F)F)c(C(=O)NC(C)(CO)Cc3c[nH]c4ccccc34)c2)cc1F. The topological polar surface area (TPSA) is 103 Å².